The summed E-state index contributed by atoms with van der Waals surface area (Å²) < 4.78 is 11.0. The molecule has 1 aromatic carbocycles. The van der Waals surface area contributed by atoms with Crippen molar-refractivity contribution in [3.8, 4) is 10.4 Å². The molecule has 0 radical (unpaired) electrons. The van der Waals surface area contributed by atoms with E-state index >= 15 is 0 Å². The Morgan fingerprint density at radius 2 is 2.13 bits per heavy atom. The van der Waals surface area contributed by atoms with E-state index in [1.54, 1.807) is 23.6 Å². The van der Waals surface area contributed by atoms with Crippen LogP contribution in [-0.2, 0) is 15.0 Å². The van der Waals surface area contributed by atoms with Crippen molar-refractivity contribution in [1.29, 1.82) is 0 Å². The van der Waals surface area contributed by atoms with Crippen LogP contribution in [0.15, 0.2) is 46.3 Å². The van der Waals surface area contributed by atoms with Crippen molar-refractivity contribution in [2.45, 2.75) is 37.8 Å². The van der Waals surface area contributed by atoms with Crippen LogP contribution in [0.3, 0.4) is 0 Å². The molecule has 5 rings (SSSR count). The minimum Gasteiger partial charge on any atom is -0.469 e. The minimum absolute atomic E-state index is 0.0567. The second-order valence-corrected chi connectivity index (χ2v) is 9.15. The van der Waals surface area contributed by atoms with Crippen molar-refractivity contribution in [2.75, 3.05) is 25.1 Å². The highest BCUT2D eigenvalue weighted by atomic mass is 32.1. The molecule has 0 atom stereocenters. The summed E-state index contributed by atoms with van der Waals surface area (Å²) in [6.07, 6.45) is 8.35. The molecule has 1 aromatic heterocycles. The Kier molecular flexibility index (Phi) is 5.58. The first-order chi connectivity index (χ1) is 15.1. The summed E-state index contributed by atoms with van der Waals surface area (Å²) in [5, 5.41) is 13.9. The largest absolute Gasteiger partial charge is 0.469 e. The molecule has 0 spiro atoms. The van der Waals surface area contributed by atoms with Gasteiger partial charge >= 0.3 is 0 Å². The van der Waals surface area contributed by atoms with Crippen LogP contribution in [0.4, 0.5) is 5.69 Å². The van der Waals surface area contributed by atoms with E-state index in [4.69, 9.17) is 9.47 Å². The van der Waals surface area contributed by atoms with E-state index in [1.807, 2.05) is 6.20 Å². The maximum Gasteiger partial charge on any atom is 0.216 e. The van der Waals surface area contributed by atoms with Crippen molar-refractivity contribution in [3.05, 3.63) is 46.9 Å². The average molecular weight is 440 g/mol. The lowest BCUT2D eigenvalue weighted by Crippen LogP contribution is -2.46. The molecule has 3 heterocycles. The van der Waals surface area contributed by atoms with Crippen molar-refractivity contribution >= 4 is 29.1 Å². The number of nitrogens with one attached hydrogen (secondary N) is 2. The summed E-state index contributed by atoms with van der Waals surface area (Å²) in [7, 11) is 0. The summed E-state index contributed by atoms with van der Waals surface area (Å²) in [6, 6.07) is 6.31. The van der Waals surface area contributed by atoms with Gasteiger partial charge in [-0.05, 0) is 49.4 Å². The molecule has 0 bridgehead atoms. The predicted molar refractivity (Wildman–Crippen MR) is 121 cm³/mol. The summed E-state index contributed by atoms with van der Waals surface area (Å²) in [4.78, 5) is 14.6. The predicted octanol–water partition coefficient (Wildman–Crippen LogP) is 3.63. The van der Waals surface area contributed by atoms with Gasteiger partial charge in [-0.1, -0.05) is 6.07 Å². The molecule has 2 aromatic rings. The fourth-order valence-corrected chi connectivity index (χ4v) is 4.84. The summed E-state index contributed by atoms with van der Waals surface area (Å²) in [5.74, 6) is 1.26. The zero-order valence-corrected chi connectivity index (χ0v) is 18.1. The summed E-state index contributed by atoms with van der Waals surface area (Å²) in [5.41, 5.74) is 5.25. The highest BCUT2D eigenvalue weighted by Crippen LogP contribution is 2.44. The molecule has 1 saturated carbocycles. The van der Waals surface area contributed by atoms with Crippen LogP contribution in [0.25, 0.3) is 10.4 Å². The standard InChI is InChI=1S/C22H25N5O3S/c1-14-7-15(18-10-24-21(31-18)22(27-28)4-2-5-22)9-16(8-14)25-19-11-23-6-3-20(26-19)30-17-12-29-13-17/h3,6-10,17,27-28H,2,4-5,11-13H2,1H3,(H,25,26). The third-order valence-corrected chi connectivity index (χ3v) is 6.94. The smallest absolute Gasteiger partial charge is 0.216 e. The molecule has 1 saturated heterocycles. The summed E-state index contributed by atoms with van der Waals surface area (Å²) >= 11 is 1.62. The van der Waals surface area contributed by atoms with Gasteiger partial charge in [-0.2, -0.15) is 10.5 Å². The molecule has 0 amide bonds. The quantitative estimate of drug-likeness (QED) is 0.595. The van der Waals surface area contributed by atoms with Crippen molar-refractivity contribution in [3.63, 3.8) is 0 Å². The fourth-order valence-electron chi connectivity index (χ4n) is 3.74. The summed E-state index contributed by atoms with van der Waals surface area (Å²) in [6.45, 7) is 3.70. The number of ether oxygens (including phenoxy) is 2. The van der Waals surface area contributed by atoms with Crippen molar-refractivity contribution in [1.82, 2.24) is 10.5 Å². The third-order valence-electron chi connectivity index (χ3n) is 5.69. The van der Waals surface area contributed by atoms with Gasteiger partial charge in [0.1, 0.15) is 16.9 Å². The topological polar surface area (TPSA) is 100 Å². The molecular formula is C22H25N5O3S. The number of aliphatic imine (C=N–C) groups is 2. The number of aromatic nitrogens is 1. The first kappa shape index (κ1) is 20.3. The number of nitrogens with zero attached hydrogens (tertiary/aromatic N) is 3. The van der Waals surface area contributed by atoms with Gasteiger partial charge in [-0.15, -0.1) is 11.3 Å². The van der Waals surface area contributed by atoms with E-state index < -0.39 is 0 Å². The first-order valence-corrected chi connectivity index (χ1v) is 11.2. The maximum atomic E-state index is 9.62. The molecule has 8 nitrogen and oxygen atoms in total. The van der Waals surface area contributed by atoms with E-state index in [0.717, 1.165) is 51.8 Å². The number of aryl methyl sites for hydroxylation is 1. The highest BCUT2D eigenvalue weighted by molar-refractivity contribution is 7.15. The second kappa shape index (κ2) is 8.51. The zero-order valence-electron chi connectivity index (χ0n) is 17.3. The Labute approximate surface area is 184 Å². The van der Waals surface area contributed by atoms with Crippen molar-refractivity contribution in [2.24, 2.45) is 9.98 Å². The van der Waals surface area contributed by atoms with Gasteiger partial charge in [-0.25, -0.2) is 4.98 Å². The SMILES string of the molecule is Cc1cc(NC2=NC(OC3COC3)=CC=NC2)cc(-c2cnc(C3(NO)CCC3)s2)c1. The van der Waals surface area contributed by atoms with Crippen LogP contribution < -0.4 is 10.8 Å². The van der Waals surface area contributed by atoms with Gasteiger partial charge in [0.05, 0.1) is 30.2 Å². The molecule has 1 aliphatic carbocycles. The van der Waals surface area contributed by atoms with Crippen LogP contribution in [0.5, 0.6) is 0 Å². The van der Waals surface area contributed by atoms with Crippen LogP contribution in [-0.4, -0.2) is 48.1 Å². The number of hydrogen-bond acceptors (Lipinski definition) is 9. The fraction of sp³-hybridized carbons (Fsp3) is 0.409. The second-order valence-electron chi connectivity index (χ2n) is 8.12. The highest BCUT2D eigenvalue weighted by Gasteiger charge is 2.41. The lowest BCUT2D eigenvalue weighted by molar-refractivity contribution is -0.108. The molecule has 0 unspecified atom stereocenters. The number of benzene rings is 1. The average Bonchev–Trinajstić information content (AvgIpc) is 3.06. The Morgan fingerprint density at radius 3 is 2.84 bits per heavy atom. The normalized spacial score (nSPS) is 20.2. The van der Waals surface area contributed by atoms with Gasteiger partial charge in [0.15, 0.2) is 0 Å². The Hall–Kier alpha value is -2.59. The van der Waals surface area contributed by atoms with E-state index in [2.05, 4.69) is 50.9 Å². The maximum absolute atomic E-state index is 9.62. The van der Waals surface area contributed by atoms with Gasteiger partial charge in [0.25, 0.3) is 0 Å². The Balaban J connectivity index is 1.36. The molecule has 3 N–H and O–H groups in total. The number of thiazole rings is 1. The van der Waals surface area contributed by atoms with Crippen LogP contribution >= 0.6 is 11.3 Å². The molecule has 3 aliphatic rings. The van der Waals surface area contributed by atoms with Gasteiger partial charge < -0.3 is 20.0 Å². The van der Waals surface area contributed by atoms with Gasteiger partial charge in [-0.3, -0.25) is 4.99 Å². The van der Waals surface area contributed by atoms with E-state index in [0.29, 0.717) is 25.6 Å². The van der Waals surface area contributed by atoms with Crippen LogP contribution in [0, 0.1) is 6.92 Å². The number of amidine groups is 1. The number of anilines is 1. The molecule has 9 heteroatoms. The van der Waals surface area contributed by atoms with Gasteiger partial charge in [0, 0.05) is 24.2 Å². The molecule has 2 fully saturated rings. The monoisotopic (exact) mass is 439 g/mol. The number of hydrogen-bond donors (Lipinski definition) is 3. The zero-order chi connectivity index (χ0) is 21.3. The third kappa shape index (κ3) is 4.27. The molecule has 31 heavy (non-hydrogen) atoms. The Bertz CT molecular complexity index is 1050. The molecule has 2 aliphatic heterocycles. The van der Waals surface area contributed by atoms with E-state index in [-0.39, 0.29) is 11.6 Å². The number of allylic oxidation sites excluding steroid dienone is 1. The molecular weight excluding hydrogens is 414 g/mol. The van der Waals surface area contributed by atoms with E-state index in [1.165, 1.54) is 0 Å². The van der Waals surface area contributed by atoms with Crippen LogP contribution in [0.2, 0.25) is 0 Å². The number of hydroxylamine groups is 1. The van der Waals surface area contributed by atoms with Crippen LogP contribution in [0.1, 0.15) is 29.8 Å². The molecule has 162 valence electrons. The van der Waals surface area contributed by atoms with E-state index in [9.17, 15) is 5.21 Å². The number of rotatable bonds is 6. The van der Waals surface area contributed by atoms with Gasteiger partial charge in [0.2, 0.25) is 5.88 Å². The lowest BCUT2D eigenvalue weighted by Gasteiger charge is -2.38. The van der Waals surface area contributed by atoms with Crippen molar-refractivity contribution < 1.29 is 14.7 Å². The minimum atomic E-state index is -0.380. The lowest BCUT2D eigenvalue weighted by atomic mass is 9.78. The first-order valence-electron chi connectivity index (χ1n) is 10.4. The Morgan fingerprint density at radius 1 is 1.26 bits per heavy atom.